The van der Waals surface area contributed by atoms with Crippen LogP contribution in [-0.2, 0) is 15.3 Å². The van der Waals surface area contributed by atoms with Gasteiger partial charge in [-0.05, 0) is 11.1 Å². The minimum atomic E-state index is -0.637. The molecule has 2 aliphatic rings. The maximum absolute atomic E-state index is 6.16. The standard InChI is InChI=1S/C27H30N2O2.BrH/c1-4-10-23(11-5-1)26(24-12-6-2-7-13-24)29-18-16-28(17-19-29)22-27(30-20-21-31-27)25-14-8-3-9-15-25;/h1-15,26H,16-22H2;1H. The Morgan fingerprint density at radius 1 is 0.656 bits per heavy atom. The van der Waals surface area contributed by atoms with Gasteiger partial charge in [0.25, 0.3) is 0 Å². The summed E-state index contributed by atoms with van der Waals surface area (Å²) in [4.78, 5) is 5.09. The zero-order valence-corrected chi connectivity index (χ0v) is 20.0. The minimum absolute atomic E-state index is 0. The molecule has 3 aromatic rings. The van der Waals surface area contributed by atoms with Gasteiger partial charge in [-0.1, -0.05) is 91.0 Å². The van der Waals surface area contributed by atoms with Crippen LogP contribution in [-0.4, -0.2) is 55.7 Å². The summed E-state index contributed by atoms with van der Waals surface area (Å²) in [6, 6.07) is 32.4. The molecule has 0 bridgehead atoms. The largest absolute Gasteiger partial charge is 0.342 e. The summed E-state index contributed by atoms with van der Waals surface area (Å²) in [5.41, 5.74) is 3.82. The Balaban J connectivity index is 0.00000245. The lowest BCUT2D eigenvalue weighted by Gasteiger charge is -2.42. The lowest BCUT2D eigenvalue weighted by molar-refractivity contribution is -0.181. The first-order chi connectivity index (χ1) is 15.3. The Hall–Kier alpha value is -2.02. The van der Waals surface area contributed by atoms with Crippen LogP contribution in [0.25, 0.3) is 0 Å². The van der Waals surface area contributed by atoms with Crippen molar-refractivity contribution in [2.24, 2.45) is 0 Å². The number of nitrogens with zero attached hydrogens (tertiary/aromatic N) is 2. The van der Waals surface area contributed by atoms with Gasteiger partial charge in [0.1, 0.15) is 0 Å². The SMILES string of the molecule is Br.c1ccc(C(c2ccccc2)N2CCN(CC3(c4ccccc4)OCCO3)CC2)cc1. The van der Waals surface area contributed by atoms with E-state index in [4.69, 9.17) is 9.47 Å². The number of piperazine rings is 1. The van der Waals surface area contributed by atoms with Gasteiger partial charge in [0.2, 0.25) is 5.79 Å². The molecule has 0 amide bonds. The molecule has 0 aliphatic carbocycles. The quantitative estimate of drug-likeness (QED) is 0.487. The number of hydrogen-bond acceptors (Lipinski definition) is 4. The van der Waals surface area contributed by atoms with Crippen molar-refractivity contribution in [2.75, 3.05) is 45.9 Å². The fourth-order valence-corrected chi connectivity index (χ4v) is 4.85. The zero-order valence-electron chi connectivity index (χ0n) is 18.3. The Morgan fingerprint density at radius 3 is 1.62 bits per heavy atom. The van der Waals surface area contributed by atoms with Gasteiger partial charge in [-0.3, -0.25) is 9.80 Å². The van der Waals surface area contributed by atoms with Gasteiger partial charge >= 0.3 is 0 Å². The molecule has 2 aliphatic heterocycles. The molecule has 5 heteroatoms. The summed E-state index contributed by atoms with van der Waals surface area (Å²) >= 11 is 0. The monoisotopic (exact) mass is 494 g/mol. The highest BCUT2D eigenvalue weighted by Crippen LogP contribution is 2.34. The van der Waals surface area contributed by atoms with Crippen molar-refractivity contribution in [2.45, 2.75) is 11.8 Å². The van der Waals surface area contributed by atoms with Gasteiger partial charge in [0.05, 0.1) is 25.8 Å². The van der Waals surface area contributed by atoms with Crippen LogP contribution >= 0.6 is 17.0 Å². The van der Waals surface area contributed by atoms with Crippen molar-refractivity contribution in [3.63, 3.8) is 0 Å². The van der Waals surface area contributed by atoms with Crippen LogP contribution in [0.4, 0.5) is 0 Å². The Bertz CT molecular complexity index is 902. The molecule has 0 atom stereocenters. The molecular formula is C27H31BrN2O2. The van der Waals surface area contributed by atoms with E-state index in [1.54, 1.807) is 0 Å². The highest BCUT2D eigenvalue weighted by atomic mass is 79.9. The first-order valence-electron chi connectivity index (χ1n) is 11.2. The second kappa shape index (κ2) is 10.7. The molecule has 0 saturated carbocycles. The summed E-state index contributed by atoms with van der Waals surface area (Å²) in [5.74, 6) is -0.637. The fraction of sp³-hybridized carbons (Fsp3) is 0.333. The predicted octanol–water partition coefficient (Wildman–Crippen LogP) is 4.87. The number of benzene rings is 3. The molecule has 2 saturated heterocycles. The molecule has 32 heavy (non-hydrogen) atoms. The number of hydrogen-bond donors (Lipinski definition) is 0. The Morgan fingerprint density at radius 2 is 1.12 bits per heavy atom. The molecule has 0 spiro atoms. The summed E-state index contributed by atoms with van der Waals surface area (Å²) < 4.78 is 12.3. The summed E-state index contributed by atoms with van der Waals surface area (Å²) in [6.45, 7) is 6.09. The Kier molecular flexibility index (Phi) is 7.76. The smallest absolute Gasteiger partial charge is 0.208 e. The topological polar surface area (TPSA) is 24.9 Å². The fourth-order valence-electron chi connectivity index (χ4n) is 4.85. The highest BCUT2D eigenvalue weighted by Gasteiger charge is 2.41. The van der Waals surface area contributed by atoms with Crippen LogP contribution in [0, 0.1) is 0 Å². The highest BCUT2D eigenvalue weighted by molar-refractivity contribution is 8.93. The van der Waals surface area contributed by atoms with E-state index in [9.17, 15) is 0 Å². The van der Waals surface area contributed by atoms with E-state index in [0.717, 1.165) is 38.3 Å². The normalized spacial score (nSPS) is 19.0. The van der Waals surface area contributed by atoms with Crippen molar-refractivity contribution in [3.05, 3.63) is 108 Å². The van der Waals surface area contributed by atoms with Gasteiger partial charge < -0.3 is 9.47 Å². The van der Waals surface area contributed by atoms with Crippen molar-refractivity contribution in [3.8, 4) is 0 Å². The molecule has 0 N–H and O–H groups in total. The van der Waals surface area contributed by atoms with Crippen LogP contribution in [0.3, 0.4) is 0 Å². The maximum Gasteiger partial charge on any atom is 0.208 e. The molecule has 3 aromatic carbocycles. The van der Waals surface area contributed by atoms with Crippen LogP contribution in [0.5, 0.6) is 0 Å². The first-order valence-corrected chi connectivity index (χ1v) is 11.2. The average Bonchev–Trinajstić information content (AvgIpc) is 3.32. The van der Waals surface area contributed by atoms with Crippen molar-refractivity contribution >= 4 is 17.0 Å². The lowest BCUT2D eigenvalue weighted by atomic mass is 9.96. The summed E-state index contributed by atoms with van der Waals surface area (Å²) in [6.07, 6.45) is 0. The lowest BCUT2D eigenvalue weighted by Crippen LogP contribution is -2.52. The number of ether oxygens (including phenoxy) is 2. The second-order valence-corrected chi connectivity index (χ2v) is 8.35. The summed E-state index contributed by atoms with van der Waals surface area (Å²) in [5, 5.41) is 0. The van der Waals surface area contributed by atoms with E-state index >= 15 is 0 Å². The molecule has 0 unspecified atom stereocenters. The van der Waals surface area contributed by atoms with E-state index in [2.05, 4.69) is 94.7 Å². The zero-order chi connectivity index (χ0) is 20.9. The minimum Gasteiger partial charge on any atom is -0.342 e. The molecular weight excluding hydrogens is 464 g/mol. The first kappa shape index (κ1) is 23.1. The van der Waals surface area contributed by atoms with E-state index in [1.807, 2.05) is 6.07 Å². The number of rotatable bonds is 6. The van der Waals surface area contributed by atoms with Crippen LogP contribution in [0.2, 0.25) is 0 Å². The summed E-state index contributed by atoms with van der Waals surface area (Å²) in [7, 11) is 0. The van der Waals surface area contributed by atoms with Crippen LogP contribution in [0.15, 0.2) is 91.0 Å². The van der Waals surface area contributed by atoms with Crippen LogP contribution < -0.4 is 0 Å². The maximum atomic E-state index is 6.16. The van der Waals surface area contributed by atoms with E-state index in [-0.39, 0.29) is 23.0 Å². The molecule has 5 rings (SSSR count). The molecule has 2 fully saturated rings. The average molecular weight is 495 g/mol. The van der Waals surface area contributed by atoms with Gasteiger partial charge in [0, 0.05) is 31.7 Å². The molecule has 0 radical (unpaired) electrons. The molecule has 168 valence electrons. The van der Waals surface area contributed by atoms with Gasteiger partial charge in [-0.25, -0.2) is 0 Å². The van der Waals surface area contributed by atoms with Gasteiger partial charge in [0.15, 0.2) is 0 Å². The third-order valence-corrected chi connectivity index (χ3v) is 6.40. The van der Waals surface area contributed by atoms with Crippen LogP contribution in [0.1, 0.15) is 22.7 Å². The van der Waals surface area contributed by atoms with Gasteiger partial charge in [-0.15, -0.1) is 17.0 Å². The van der Waals surface area contributed by atoms with E-state index < -0.39 is 5.79 Å². The van der Waals surface area contributed by atoms with E-state index in [0.29, 0.717) is 13.2 Å². The third kappa shape index (κ3) is 4.98. The van der Waals surface area contributed by atoms with E-state index in [1.165, 1.54) is 11.1 Å². The number of halogens is 1. The van der Waals surface area contributed by atoms with Crippen molar-refractivity contribution < 1.29 is 9.47 Å². The predicted molar refractivity (Wildman–Crippen MR) is 133 cm³/mol. The molecule has 0 aromatic heterocycles. The Labute approximate surface area is 201 Å². The van der Waals surface area contributed by atoms with Gasteiger partial charge in [-0.2, -0.15) is 0 Å². The second-order valence-electron chi connectivity index (χ2n) is 8.35. The van der Waals surface area contributed by atoms with Crippen molar-refractivity contribution in [1.82, 2.24) is 9.80 Å². The third-order valence-electron chi connectivity index (χ3n) is 6.40. The van der Waals surface area contributed by atoms with Crippen molar-refractivity contribution in [1.29, 1.82) is 0 Å². The molecule has 4 nitrogen and oxygen atoms in total. The molecule has 2 heterocycles.